The van der Waals surface area contributed by atoms with Gasteiger partial charge in [-0.3, -0.25) is 29.0 Å². The zero-order valence-electron chi connectivity index (χ0n) is 17.5. The molecule has 0 aromatic heterocycles. The molecule has 2 aliphatic heterocycles. The molecule has 0 saturated carbocycles. The van der Waals surface area contributed by atoms with Crippen LogP contribution in [-0.2, 0) is 19.1 Å². The van der Waals surface area contributed by atoms with E-state index < -0.39 is 42.3 Å². The molecule has 0 spiro atoms. The van der Waals surface area contributed by atoms with E-state index >= 15 is 0 Å². The summed E-state index contributed by atoms with van der Waals surface area (Å²) in [7, 11) is 0. The van der Waals surface area contributed by atoms with Gasteiger partial charge in [0, 0.05) is 0 Å². The number of imide groups is 1. The smallest absolute Gasteiger partial charge is 0.330 e. The summed E-state index contributed by atoms with van der Waals surface area (Å²) < 4.78 is 5.23. The van der Waals surface area contributed by atoms with Gasteiger partial charge in [-0.2, -0.15) is 0 Å². The van der Waals surface area contributed by atoms with Gasteiger partial charge in [0.25, 0.3) is 17.7 Å². The first-order valence-corrected chi connectivity index (χ1v) is 10.1. The van der Waals surface area contributed by atoms with Crippen molar-refractivity contribution in [1.29, 1.82) is 0 Å². The van der Waals surface area contributed by atoms with Gasteiger partial charge in [-0.05, 0) is 30.2 Å². The molecule has 4 rings (SSSR count). The third kappa shape index (κ3) is 3.62. The number of anilines is 2. The molecule has 0 saturated heterocycles. The van der Waals surface area contributed by atoms with Crippen molar-refractivity contribution in [2.45, 2.75) is 19.9 Å². The van der Waals surface area contributed by atoms with Gasteiger partial charge < -0.3 is 10.1 Å². The number of amides is 4. The molecule has 0 bridgehead atoms. The lowest BCUT2D eigenvalue weighted by atomic mass is 10.0. The van der Waals surface area contributed by atoms with Crippen LogP contribution < -0.4 is 10.2 Å². The Morgan fingerprint density at radius 1 is 0.969 bits per heavy atom. The first-order chi connectivity index (χ1) is 15.3. The van der Waals surface area contributed by atoms with Crippen LogP contribution in [0.2, 0.25) is 0 Å². The van der Waals surface area contributed by atoms with Gasteiger partial charge in [-0.25, -0.2) is 4.79 Å². The molecule has 9 nitrogen and oxygen atoms in total. The second kappa shape index (κ2) is 8.26. The fourth-order valence-electron chi connectivity index (χ4n) is 3.89. The number of nitrogens with zero attached hydrogens (tertiary/aromatic N) is 2. The number of carbonyl (C=O) groups excluding carboxylic acids is 5. The molecule has 4 amide bonds. The van der Waals surface area contributed by atoms with E-state index in [0.717, 1.165) is 4.90 Å². The van der Waals surface area contributed by atoms with Gasteiger partial charge in [0.15, 0.2) is 6.61 Å². The number of hydrogen-bond donors (Lipinski definition) is 1. The van der Waals surface area contributed by atoms with Crippen molar-refractivity contribution in [3.8, 4) is 0 Å². The van der Waals surface area contributed by atoms with Gasteiger partial charge in [0.05, 0.1) is 22.5 Å². The number of hydrogen-bond acceptors (Lipinski definition) is 6. The Kier molecular flexibility index (Phi) is 5.48. The molecular formula is C23H21N3O6. The van der Waals surface area contributed by atoms with Gasteiger partial charge in [0.1, 0.15) is 12.6 Å². The van der Waals surface area contributed by atoms with E-state index in [4.69, 9.17) is 4.74 Å². The predicted octanol–water partition coefficient (Wildman–Crippen LogP) is 1.84. The molecule has 0 aliphatic carbocycles. The Labute approximate surface area is 183 Å². The average Bonchev–Trinajstić information content (AvgIpc) is 3.02. The molecule has 1 unspecified atom stereocenters. The van der Waals surface area contributed by atoms with Gasteiger partial charge >= 0.3 is 5.97 Å². The summed E-state index contributed by atoms with van der Waals surface area (Å²) in [5.41, 5.74) is 1.43. The maximum atomic E-state index is 12.9. The first kappa shape index (κ1) is 21.2. The highest BCUT2D eigenvalue weighted by atomic mass is 16.5. The Bertz CT molecular complexity index is 1110. The zero-order valence-corrected chi connectivity index (χ0v) is 17.5. The van der Waals surface area contributed by atoms with Crippen LogP contribution in [0.5, 0.6) is 0 Å². The number of benzene rings is 2. The lowest BCUT2D eigenvalue weighted by Gasteiger charge is -2.30. The molecule has 0 radical (unpaired) electrons. The van der Waals surface area contributed by atoms with Gasteiger partial charge in [-0.1, -0.05) is 38.1 Å². The number of nitrogens with one attached hydrogen (secondary N) is 1. The number of rotatable bonds is 5. The predicted molar refractivity (Wildman–Crippen MR) is 114 cm³/mol. The van der Waals surface area contributed by atoms with Crippen LogP contribution in [0.3, 0.4) is 0 Å². The van der Waals surface area contributed by atoms with E-state index in [1.807, 2.05) is 0 Å². The van der Waals surface area contributed by atoms with Crippen LogP contribution >= 0.6 is 0 Å². The van der Waals surface area contributed by atoms with Crippen molar-refractivity contribution in [1.82, 2.24) is 4.90 Å². The highest BCUT2D eigenvalue weighted by Crippen LogP contribution is 2.30. The summed E-state index contributed by atoms with van der Waals surface area (Å²) in [6.45, 7) is 2.53. The normalized spacial score (nSPS) is 15.9. The van der Waals surface area contributed by atoms with E-state index in [1.54, 1.807) is 50.2 Å². The Morgan fingerprint density at radius 2 is 1.56 bits per heavy atom. The Hall–Kier alpha value is -4.01. The number of carbonyl (C=O) groups is 5. The molecule has 2 heterocycles. The van der Waals surface area contributed by atoms with Gasteiger partial charge in [0.2, 0.25) is 5.91 Å². The standard InChI is InChI=1S/C23H21N3O6/c1-13(2)20(26-21(29)14-7-3-4-8-15(14)22(26)30)23(31)32-12-19(28)25-11-18(27)24-16-9-5-6-10-17(16)25/h3-10,13,20H,11-12H2,1-2H3,(H,24,27). The second-order valence-electron chi connectivity index (χ2n) is 7.87. The van der Waals surface area contributed by atoms with E-state index in [1.165, 1.54) is 17.0 Å². The third-order valence-corrected chi connectivity index (χ3v) is 5.39. The summed E-state index contributed by atoms with van der Waals surface area (Å²) in [4.78, 5) is 65.3. The third-order valence-electron chi connectivity index (χ3n) is 5.39. The minimum Gasteiger partial charge on any atom is -0.454 e. The topological polar surface area (TPSA) is 113 Å². The molecule has 9 heteroatoms. The zero-order chi connectivity index (χ0) is 23.0. The van der Waals surface area contributed by atoms with Crippen LogP contribution in [0.1, 0.15) is 34.6 Å². The second-order valence-corrected chi connectivity index (χ2v) is 7.87. The molecule has 1 N–H and O–H groups in total. The highest BCUT2D eigenvalue weighted by Gasteiger charge is 2.45. The molecule has 32 heavy (non-hydrogen) atoms. The number of para-hydroxylation sites is 2. The average molecular weight is 435 g/mol. The molecule has 164 valence electrons. The van der Waals surface area contributed by atoms with Crippen molar-refractivity contribution < 1.29 is 28.7 Å². The highest BCUT2D eigenvalue weighted by molar-refractivity contribution is 6.22. The van der Waals surface area contributed by atoms with Crippen LogP contribution in [0.25, 0.3) is 0 Å². The monoisotopic (exact) mass is 435 g/mol. The number of ether oxygens (including phenoxy) is 1. The molecule has 0 fully saturated rings. The maximum Gasteiger partial charge on any atom is 0.330 e. The van der Waals surface area contributed by atoms with Crippen molar-refractivity contribution >= 4 is 41.0 Å². The van der Waals surface area contributed by atoms with Crippen molar-refractivity contribution in [2.75, 3.05) is 23.4 Å². The minimum absolute atomic E-state index is 0.209. The SMILES string of the molecule is CC(C)C(C(=O)OCC(=O)N1CC(=O)Nc2ccccc21)N1C(=O)c2ccccc2C1=O. The van der Waals surface area contributed by atoms with Crippen LogP contribution in [0.15, 0.2) is 48.5 Å². The summed E-state index contributed by atoms with van der Waals surface area (Å²) >= 11 is 0. The fourth-order valence-corrected chi connectivity index (χ4v) is 3.89. The lowest BCUT2D eigenvalue weighted by molar-refractivity contribution is -0.153. The summed E-state index contributed by atoms with van der Waals surface area (Å²) in [5.74, 6) is -3.41. The summed E-state index contributed by atoms with van der Waals surface area (Å²) in [6, 6.07) is 11.9. The molecule has 2 aliphatic rings. The maximum absolute atomic E-state index is 12.9. The minimum atomic E-state index is -1.19. The molecule has 2 aromatic carbocycles. The lowest BCUT2D eigenvalue weighted by Crippen LogP contribution is -2.50. The van der Waals surface area contributed by atoms with Crippen LogP contribution in [0, 0.1) is 5.92 Å². The van der Waals surface area contributed by atoms with Crippen LogP contribution in [0.4, 0.5) is 11.4 Å². The van der Waals surface area contributed by atoms with E-state index in [-0.39, 0.29) is 23.6 Å². The van der Waals surface area contributed by atoms with Gasteiger partial charge in [-0.15, -0.1) is 0 Å². The first-order valence-electron chi connectivity index (χ1n) is 10.1. The summed E-state index contributed by atoms with van der Waals surface area (Å²) in [5, 5.41) is 2.68. The van der Waals surface area contributed by atoms with E-state index in [9.17, 15) is 24.0 Å². The van der Waals surface area contributed by atoms with Crippen molar-refractivity contribution in [3.05, 3.63) is 59.7 Å². The quantitative estimate of drug-likeness (QED) is 0.566. The summed E-state index contributed by atoms with van der Waals surface area (Å²) in [6.07, 6.45) is 0. The van der Waals surface area contributed by atoms with Crippen molar-refractivity contribution in [2.24, 2.45) is 5.92 Å². The van der Waals surface area contributed by atoms with Crippen molar-refractivity contribution in [3.63, 3.8) is 0 Å². The number of fused-ring (bicyclic) bond motifs is 2. The largest absolute Gasteiger partial charge is 0.454 e. The number of esters is 1. The molecule has 1 atom stereocenters. The molecular weight excluding hydrogens is 414 g/mol. The Morgan fingerprint density at radius 3 is 2.19 bits per heavy atom. The van der Waals surface area contributed by atoms with E-state index in [2.05, 4.69) is 5.32 Å². The van der Waals surface area contributed by atoms with E-state index in [0.29, 0.717) is 11.4 Å². The van der Waals surface area contributed by atoms with Crippen LogP contribution in [-0.4, -0.2) is 53.7 Å². The fraction of sp³-hybridized carbons (Fsp3) is 0.261. The molecule has 2 aromatic rings. The Balaban J connectivity index is 1.49.